The lowest BCUT2D eigenvalue weighted by Crippen LogP contribution is -2.25. The Kier molecular flexibility index (Phi) is 4.58. The molecule has 19 heavy (non-hydrogen) atoms. The van der Waals surface area contributed by atoms with Crippen LogP contribution < -0.4 is 10.1 Å². The second kappa shape index (κ2) is 6.01. The van der Waals surface area contributed by atoms with Gasteiger partial charge in [0.25, 0.3) is 0 Å². The summed E-state index contributed by atoms with van der Waals surface area (Å²) >= 11 is 5.80. The number of halogens is 4. The summed E-state index contributed by atoms with van der Waals surface area (Å²) in [4.78, 5) is 0. The van der Waals surface area contributed by atoms with E-state index in [9.17, 15) is 13.2 Å². The Morgan fingerprint density at radius 2 is 1.89 bits per heavy atom. The fraction of sp³-hybridized carbons (Fsp3) is 0.538. The zero-order chi connectivity index (χ0) is 13.9. The summed E-state index contributed by atoms with van der Waals surface area (Å²) in [5.41, 5.74) is 0.693. The van der Waals surface area contributed by atoms with E-state index in [1.807, 2.05) is 0 Å². The van der Waals surface area contributed by atoms with Gasteiger partial charge < -0.3 is 10.1 Å². The van der Waals surface area contributed by atoms with Gasteiger partial charge in [0.05, 0.1) is 0 Å². The molecule has 2 nitrogen and oxygen atoms in total. The largest absolute Gasteiger partial charge is 0.573 e. The van der Waals surface area contributed by atoms with Gasteiger partial charge in [-0.25, -0.2) is 0 Å². The topological polar surface area (TPSA) is 21.3 Å². The molecule has 0 saturated heterocycles. The third kappa shape index (κ3) is 4.91. The van der Waals surface area contributed by atoms with Crippen LogP contribution in [0.4, 0.5) is 13.2 Å². The van der Waals surface area contributed by atoms with Crippen molar-refractivity contribution in [3.63, 3.8) is 0 Å². The molecule has 1 aliphatic carbocycles. The van der Waals surface area contributed by atoms with Gasteiger partial charge in [0.2, 0.25) is 0 Å². The van der Waals surface area contributed by atoms with Crippen molar-refractivity contribution in [1.29, 1.82) is 0 Å². The lowest BCUT2D eigenvalue weighted by atomic mass is 10.2. The van der Waals surface area contributed by atoms with Crippen LogP contribution in [-0.4, -0.2) is 12.4 Å². The smallest absolute Gasteiger partial charge is 0.406 e. The van der Waals surface area contributed by atoms with Gasteiger partial charge in [0, 0.05) is 17.6 Å². The molecule has 0 atom stereocenters. The zero-order valence-corrected chi connectivity index (χ0v) is 11.0. The highest BCUT2D eigenvalue weighted by molar-refractivity contribution is 6.30. The van der Waals surface area contributed by atoms with Crippen molar-refractivity contribution in [1.82, 2.24) is 5.32 Å². The SMILES string of the molecule is FC(F)(F)Oc1cc(Cl)cc(CNC2CCCC2)c1. The van der Waals surface area contributed by atoms with Crippen LogP contribution in [0.5, 0.6) is 5.75 Å². The molecule has 0 amide bonds. The van der Waals surface area contributed by atoms with Crippen molar-refractivity contribution in [2.24, 2.45) is 0 Å². The average Bonchev–Trinajstić information content (AvgIpc) is 2.75. The number of alkyl halides is 3. The molecule has 0 spiro atoms. The molecule has 0 unspecified atom stereocenters. The zero-order valence-electron chi connectivity index (χ0n) is 10.3. The molecule has 0 aromatic heterocycles. The van der Waals surface area contributed by atoms with E-state index in [4.69, 9.17) is 11.6 Å². The maximum atomic E-state index is 12.2. The number of nitrogens with one attached hydrogen (secondary N) is 1. The number of ether oxygens (including phenoxy) is 1. The van der Waals surface area contributed by atoms with Crippen molar-refractivity contribution in [3.05, 3.63) is 28.8 Å². The minimum atomic E-state index is -4.69. The van der Waals surface area contributed by atoms with Gasteiger partial charge in [0.15, 0.2) is 0 Å². The summed E-state index contributed by atoms with van der Waals surface area (Å²) in [6, 6.07) is 4.62. The van der Waals surface area contributed by atoms with E-state index in [0.29, 0.717) is 18.2 Å². The van der Waals surface area contributed by atoms with E-state index in [-0.39, 0.29) is 10.8 Å². The van der Waals surface area contributed by atoms with Gasteiger partial charge in [-0.3, -0.25) is 0 Å². The number of rotatable bonds is 4. The molecule has 1 aliphatic rings. The Labute approximate surface area is 114 Å². The molecule has 2 rings (SSSR count). The maximum absolute atomic E-state index is 12.2. The second-order valence-electron chi connectivity index (χ2n) is 4.71. The summed E-state index contributed by atoms with van der Waals surface area (Å²) in [7, 11) is 0. The summed E-state index contributed by atoms with van der Waals surface area (Å²) < 4.78 is 40.3. The summed E-state index contributed by atoms with van der Waals surface area (Å²) in [6.07, 6.45) is -0.0505. The van der Waals surface area contributed by atoms with Crippen molar-refractivity contribution in [2.45, 2.75) is 44.6 Å². The molecule has 0 aliphatic heterocycles. The lowest BCUT2D eigenvalue weighted by Gasteiger charge is -2.14. The van der Waals surface area contributed by atoms with Crippen LogP contribution in [0.1, 0.15) is 31.2 Å². The Balaban J connectivity index is 1.99. The number of benzene rings is 1. The maximum Gasteiger partial charge on any atom is 0.573 e. The van der Waals surface area contributed by atoms with Crippen LogP contribution in [0.15, 0.2) is 18.2 Å². The Morgan fingerprint density at radius 1 is 1.21 bits per heavy atom. The minimum absolute atomic E-state index is 0.241. The van der Waals surface area contributed by atoms with Crippen molar-refractivity contribution in [2.75, 3.05) is 0 Å². The Morgan fingerprint density at radius 3 is 2.53 bits per heavy atom. The third-order valence-electron chi connectivity index (χ3n) is 3.11. The van der Waals surface area contributed by atoms with Crippen molar-refractivity contribution in [3.8, 4) is 5.75 Å². The molecule has 0 heterocycles. The molecule has 1 fully saturated rings. The minimum Gasteiger partial charge on any atom is -0.406 e. The molecular weight excluding hydrogens is 279 g/mol. The molecule has 1 aromatic rings. The quantitative estimate of drug-likeness (QED) is 0.895. The summed E-state index contributed by atoms with van der Waals surface area (Å²) in [5.74, 6) is -0.275. The predicted molar refractivity (Wildman–Crippen MR) is 67.2 cm³/mol. The average molecular weight is 294 g/mol. The van der Waals surface area contributed by atoms with E-state index in [1.165, 1.54) is 18.9 Å². The first kappa shape index (κ1) is 14.5. The Hall–Kier alpha value is -0.940. The monoisotopic (exact) mass is 293 g/mol. The van der Waals surface area contributed by atoms with E-state index in [2.05, 4.69) is 10.1 Å². The van der Waals surface area contributed by atoms with Crippen LogP contribution in [0.25, 0.3) is 0 Å². The molecular formula is C13H15ClF3NO. The van der Waals surface area contributed by atoms with Gasteiger partial charge in [-0.2, -0.15) is 0 Å². The molecule has 106 valence electrons. The molecule has 1 N–H and O–H groups in total. The first-order valence-corrected chi connectivity index (χ1v) is 6.59. The number of hydrogen-bond donors (Lipinski definition) is 1. The first-order chi connectivity index (χ1) is 8.92. The number of hydrogen-bond acceptors (Lipinski definition) is 2. The summed E-state index contributed by atoms with van der Waals surface area (Å²) in [5, 5.41) is 3.56. The summed E-state index contributed by atoms with van der Waals surface area (Å²) in [6.45, 7) is 0.499. The second-order valence-corrected chi connectivity index (χ2v) is 5.14. The van der Waals surface area contributed by atoms with Crippen molar-refractivity contribution < 1.29 is 17.9 Å². The standard InChI is InChI=1S/C13H15ClF3NO/c14-10-5-9(8-18-11-3-1-2-4-11)6-12(7-10)19-13(15,16)17/h5-7,11,18H,1-4,8H2. The van der Waals surface area contributed by atoms with Crippen LogP contribution in [0, 0.1) is 0 Å². The third-order valence-corrected chi connectivity index (χ3v) is 3.33. The van der Waals surface area contributed by atoms with E-state index >= 15 is 0 Å². The molecule has 1 aromatic carbocycles. The molecule has 0 bridgehead atoms. The highest BCUT2D eigenvalue weighted by atomic mass is 35.5. The van der Waals surface area contributed by atoms with Crippen LogP contribution in [-0.2, 0) is 6.54 Å². The Bertz CT molecular complexity index is 430. The lowest BCUT2D eigenvalue weighted by molar-refractivity contribution is -0.274. The van der Waals surface area contributed by atoms with Crippen molar-refractivity contribution >= 4 is 11.6 Å². The first-order valence-electron chi connectivity index (χ1n) is 6.21. The molecule has 1 saturated carbocycles. The fourth-order valence-corrected chi connectivity index (χ4v) is 2.56. The highest BCUT2D eigenvalue weighted by Crippen LogP contribution is 2.27. The van der Waals surface area contributed by atoms with E-state index in [0.717, 1.165) is 18.9 Å². The van der Waals surface area contributed by atoms with Gasteiger partial charge in [-0.15, -0.1) is 13.2 Å². The fourth-order valence-electron chi connectivity index (χ4n) is 2.31. The van der Waals surface area contributed by atoms with Gasteiger partial charge >= 0.3 is 6.36 Å². The van der Waals surface area contributed by atoms with E-state index < -0.39 is 6.36 Å². The van der Waals surface area contributed by atoms with E-state index in [1.54, 1.807) is 6.07 Å². The van der Waals surface area contributed by atoms with Crippen LogP contribution in [0.2, 0.25) is 5.02 Å². The molecule has 0 radical (unpaired) electrons. The van der Waals surface area contributed by atoms with Gasteiger partial charge in [-0.1, -0.05) is 24.4 Å². The normalized spacial score (nSPS) is 16.8. The highest BCUT2D eigenvalue weighted by Gasteiger charge is 2.31. The van der Waals surface area contributed by atoms with Crippen LogP contribution in [0.3, 0.4) is 0 Å². The van der Waals surface area contributed by atoms with Crippen LogP contribution >= 0.6 is 11.6 Å². The molecule has 6 heteroatoms. The predicted octanol–water partition coefficient (Wildman–Crippen LogP) is 4.27. The van der Waals surface area contributed by atoms with Gasteiger partial charge in [0.1, 0.15) is 5.75 Å². The van der Waals surface area contributed by atoms with Gasteiger partial charge in [-0.05, 0) is 36.6 Å².